The molecule has 0 spiro atoms. The first-order chi connectivity index (χ1) is 8.19. The zero-order chi connectivity index (χ0) is 12.3. The summed E-state index contributed by atoms with van der Waals surface area (Å²) in [5.41, 5.74) is 7.56. The molecule has 6 nitrogen and oxygen atoms in total. The van der Waals surface area contributed by atoms with E-state index in [1.807, 2.05) is 31.4 Å². The van der Waals surface area contributed by atoms with E-state index in [0.717, 1.165) is 17.7 Å². The molecule has 0 amide bonds. The highest BCUT2D eigenvalue weighted by atomic mass is 15.3. The first-order valence-electron chi connectivity index (χ1n) is 5.38. The molecule has 2 aromatic rings. The molecule has 2 N–H and O–H groups in total. The lowest BCUT2D eigenvalue weighted by molar-refractivity contribution is 0.766. The Morgan fingerprint density at radius 2 is 1.94 bits per heavy atom. The lowest BCUT2D eigenvalue weighted by Crippen LogP contribution is -2.19. The van der Waals surface area contributed by atoms with Gasteiger partial charge in [0, 0.05) is 56.9 Å². The van der Waals surface area contributed by atoms with Gasteiger partial charge in [-0.05, 0) is 0 Å². The maximum Gasteiger partial charge on any atom is 0.225 e. The van der Waals surface area contributed by atoms with Crippen LogP contribution in [-0.2, 0) is 20.1 Å². The molecule has 0 aliphatic heterocycles. The average Bonchev–Trinajstić information content (AvgIpc) is 2.75. The molecule has 2 aromatic heterocycles. The lowest BCUT2D eigenvalue weighted by Gasteiger charge is -2.15. The Bertz CT molecular complexity index is 475. The van der Waals surface area contributed by atoms with Crippen molar-refractivity contribution in [3.8, 4) is 0 Å². The van der Waals surface area contributed by atoms with Gasteiger partial charge in [-0.25, -0.2) is 9.97 Å². The van der Waals surface area contributed by atoms with Gasteiger partial charge < -0.3 is 10.6 Å². The standard InChI is InChI=1S/C11H16N6/c1-16(7-10-6-15-17(2)8-10)11-13-4-9(3-12)5-14-11/h4-6,8H,3,7,12H2,1-2H3. The summed E-state index contributed by atoms with van der Waals surface area (Å²) in [4.78, 5) is 10.5. The molecule has 0 aromatic carbocycles. The number of nitrogens with zero attached hydrogens (tertiary/aromatic N) is 5. The third-order valence-electron chi connectivity index (χ3n) is 2.45. The zero-order valence-electron chi connectivity index (χ0n) is 10.0. The van der Waals surface area contributed by atoms with Crippen LogP contribution in [0.2, 0.25) is 0 Å². The minimum absolute atomic E-state index is 0.465. The van der Waals surface area contributed by atoms with Crippen LogP contribution in [0.15, 0.2) is 24.8 Å². The quantitative estimate of drug-likeness (QED) is 0.821. The van der Waals surface area contributed by atoms with E-state index < -0.39 is 0 Å². The summed E-state index contributed by atoms with van der Waals surface area (Å²) in [6.45, 7) is 1.20. The van der Waals surface area contributed by atoms with Gasteiger partial charge in [0.25, 0.3) is 0 Å². The maximum atomic E-state index is 5.50. The van der Waals surface area contributed by atoms with Gasteiger partial charge in [-0.1, -0.05) is 0 Å². The van der Waals surface area contributed by atoms with E-state index in [0.29, 0.717) is 12.5 Å². The van der Waals surface area contributed by atoms with Crippen LogP contribution in [0, 0.1) is 0 Å². The molecule has 90 valence electrons. The third kappa shape index (κ3) is 2.79. The second kappa shape index (κ2) is 4.92. The molecule has 0 aliphatic carbocycles. The van der Waals surface area contributed by atoms with Gasteiger partial charge in [-0.2, -0.15) is 5.10 Å². The molecule has 0 unspecified atom stereocenters. The van der Waals surface area contributed by atoms with Gasteiger partial charge >= 0.3 is 0 Å². The van der Waals surface area contributed by atoms with Crippen molar-refractivity contribution in [3.63, 3.8) is 0 Å². The molecule has 6 heteroatoms. The van der Waals surface area contributed by atoms with Crippen LogP contribution in [0.4, 0.5) is 5.95 Å². The summed E-state index contributed by atoms with van der Waals surface area (Å²) < 4.78 is 1.78. The Balaban J connectivity index is 2.06. The molecule has 2 rings (SSSR count). The Hall–Kier alpha value is -1.95. The number of aromatic nitrogens is 4. The van der Waals surface area contributed by atoms with E-state index >= 15 is 0 Å². The molecule has 2 heterocycles. The fraction of sp³-hybridized carbons (Fsp3) is 0.364. The lowest BCUT2D eigenvalue weighted by atomic mass is 10.3. The largest absolute Gasteiger partial charge is 0.339 e. The molecule has 0 aliphatic rings. The van der Waals surface area contributed by atoms with Crippen molar-refractivity contribution in [2.24, 2.45) is 12.8 Å². The summed E-state index contributed by atoms with van der Waals surface area (Å²) >= 11 is 0. The highest BCUT2D eigenvalue weighted by molar-refractivity contribution is 5.30. The Kier molecular flexibility index (Phi) is 3.34. The molecule has 0 saturated carbocycles. The van der Waals surface area contributed by atoms with Gasteiger partial charge in [0.05, 0.1) is 6.20 Å². The maximum absolute atomic E-state index is 5.50. The number of nitrogens with two attached hydrogens (primary N) is 1. The van der Waals surface area contributed by atoms with Gasteiger partial charge in [0.15, 0.2) is 0 Å². The van der Waals surface area contributed by atoms with E-state index in [1.165, 1.54) is 0 Å². The fourth-order valence-electron chi connectivity index (χ4n) is 1.55. The van der Waals surface area contributed by atoms with Crippen LogP contribution in [0.5, 0.6) is 0 Å². The normalized spacial score (nSPS) is 10.5. The van der Waals surface area contributed by atoms with E-state index in [4.69, 9.17) is 5.73 Å². The van der Waals surface area contributed by atoms with E-state index in [1.54, 1.807) is 17.1 Å². The third-order valence-corrected chi connectivity index (χ3v) is 2.45. The second-order valence-electron chi connectivity index (χ2n) is 3.97. The van der Waals surface area contributed by atoms with Gasteiger partial charge in [-0.15, -0.1) is 0 Å². The topological polar surface area (TPSA) is 72.9 Å². The van der Waals surface area contributed by atoms with Gasteiger partial charge in [0.1, 0.15) is 0 Å². The summed E-state index contributed by atoms with van der Waals surface area (Å²) in [7, 11) is 3.85. The van der Waals surface area contributed by atoms with Crippen molar-refractivity contribution >= 4 is 5.95 Å². The first-order valence-corrected chi connectivity index (χ1v) is 5.38. The summed E-state index contributed by atoms with van der Waals surface area (Å²) in [5.74, 6) is 0.686. The highest BCUT2D eigenvalue weighted by Gasteiger charge is 2.06. The molecule has 0 saturated heterocycles. The number of rotatable bonds is 4. The molecule has 0 bridgehead atoms. The summed E-state index contributed by atoms with van der Waals surface area (Å²) in [6.07, 6.45) is 7.32. The summed E-state index contributed by atoms with van der Waals surface area (Å²) in [5, 5.41) is 4.12. The van der Waals surface area contributed by atoms with E-state index in [9.17, 15) is 0 Å². The van der Waals surface area contributed by atoms with Crippen molar-refractivity contribution in [2.75, 3.05) is 11.9 Å². The number of anilines is 1. The molecule has 17 heavy (non-hydrogen) atoms. The number of hydrogen-bond acceptors (Lipinski definition) is 5. The van der Waals surface area contributed by atoms with Crippen molar-refractivity contribution in [1.29, 1.82) is 0 Å². The zero-order valence-corrected chi connectivity index (χ0v) is 10.0. The predicted octanol–water partition coefficient (Wildman–Crippen LogP) is 0.305. The molecular weight excluding hydrogens is 216 g/mol. The van der Waals surface area contributed by atoms with E-state index in [-0.39, 0.29) is 0 Å². The first kappa shape index (κ1) is 11.5. The smallest absolute Gasteiger partial charge is 0.225 e. The van der Waals surface area contributed by atoms with Crippen molar-refractivity contribution in [3.05, 3.63) is 35.9 Å². The number of hydrogen-bond donors (Lipinski definition) is 1. The number of aryl methyl sites for hydroxylation is 1. The molecular formula is C11H16N6. The molecule has 0 atom stereocenters. The highest BCUT2D eigenvalue weighted by Crippen LogP contribution is 2.09. The van der Waals surface area contributed by atoms with Crippen LogP contribution in [0.25, 0.3) is 0 Å². The Morgan fingerprint density at radius 3 is 2.47 bits per heavy atom. The van der Waals surface area contributed by atoms with E-state index in [2.05, 4.69) is 15.1 Å². The monoisotopic (exact) mass is 232 g/mol. The van der Waals surface area contributed by atoms with Crippen molar-refractivity contribution in [2.45, 2.75) is 13.1 Å². The average molecular weight is 232 g/mol. The van der Waals surface area contributed by atoms with Crippen LogP contribution < -0.4 is 10.6 Å². The van der Waals surface area contributed by atoms with Crippen LogP contribution in [-0.4, -0.2) is 26.8 Å². The fourth-order valence-corrected chi connectivity index (χ4v) is 1.55. The van der Waals surface area contributed by atoms with Crippen molar-refractivity contribution in [1.82, 2.24) is 19.7 Å². The van der Waals surface area contributed by atoms with Gasteiger partial charge in [-0.3, -0.25) is 4.68 Å². The molecule has 0 radical (unpaired) electrons. The SMILES string of the molecule is CN(Cc1cnn(C)c1)c1ncc(CN)cn1. The minimum atomic E-state index is 0.465. The predicted molar refractivity (Wildman–Crippen MR) is 65.2 cm³/mol. The van der Waals surface area contributed by atoms with Crippen LogP contribution in [0.1, 0.15) is 11.1 Å². The van der Waals surface area contributed by atoms with Crippen LogP contribution in [0.3, 0.4) is 0 Å². The van der Waals surface area contributed by atoms with Crippen LogP contribution >= 0.6 is 0 Å². The Labute approximate surface area is 100 Å². The van der Waals surface area contributed by atoms with Gasteiger partial charge in [0.2, 0.25) is 5.95 Å². The molecule has 0 fully saturated rings. The second-order valence-corrected chi connectivity index (χ2v) is 3.97. The Morgan fingerprint density at radius 1 is 1.24 bits per heavy atom. The minimum Gasteiger partial charge on any atom is -0.339 e. The van der Waals surface area contributed by atoms with Crippen molar-refractivity contribution < 1.29 is 0 Å². The summed E-state index contributed by atoms with van der Waals surface area (Å²) in [6, 6.07) is 0.